The molecule has 118 valence electrons. The first kappa shape index (κ1) is 14.8. The van der Waals surface area contributed by atoms with E-state index in [0.29, 0.717) is 30.9 Å². The third kappa shape index (κ3) is 3.06. The molecule has 22 heavy (non-hydrogen) atoms. The lowest BCUT2D eigenvalue weighted by Gasteiger charge is -2.40. The number of anilines is 1. The molecule has 1 aromatic carbocycles. The van der Waals surface area contributed by atoms with Crippen LogP contribution in [0.2, 0.25) is 0 Å². The first-order valence-electron chi connectivity index (χ1n) is 7.68. The number of carbonyl (C=O) groups excluding carboxylic acids is 2. The summed E-state index contributed by atoms with van der Waals surface area (Å²) in [5, 5.41) is 2.49. The normalized spacial score (nSPS) is 20.1. The van der Waals surface area contributed by atoms with Crippen LogP contribution in [0.3, 0.4) is 0 Å². The van der Waals surface area contributed by atoms with Crippen molar-refractivity contribution in [3.63, 3.8) is 0 Å². The summed E-state index contributed by atoms with van der Waals surface area (Å²) in [6, 6.07) is 6.22. The van der Waals surface area contributed by atoms with E-state index in [1.165, 1.54) is 12.8 Å². The number of morpholine rings is 1. The minimum atomic E-state index is -0.638. The van der Waals surface area contributed by atoms with Gasteiger partial charge in [-0.15, -0.1) is 0 Å². The average molecular weight is 303 g/mol. The van der Waals surface area contributed by atoms with Gasteiger partial charge in [-0.2, -0.15) is 0 Å². The number of ether oxygens (including phenoxy) is 1. The molecule has 6 heteroatoms. The monoisotopic (exact) mass is 303 g/mol. The molecule has 0 aromatic heterocycles. The lowest BCUT2D eigenvalue weighted by atomic mass is 9.99. The molecule has 0 radical (unpaired) electrons. The largest absolute Gasteiger partial charge is 0.371 e. The zero-order valence-corrected chi connectivity index (χ0v) is 12.5. The molecule has 1 aromatic rings. The highest BCUT2D eigenvalue weighted by Crippen LogP contribution is 2.36. The molecule has 1 saturated carbocycles. The summed E-state index contributed by atoms with van der Waals surface area (Å²) < 4.78 is 5.95. The van der Waals surface area contributed by atoms with Gasteiger partial charge in [0.2, 0.25) is 0 Å². The third-order valence-electron chi connectivity index (χ3n) is 4.43. The van der Waals surface area contributed by atoms with E-state index >= 15 is 0 Å². The smallest absolute Gasteiger partial charge is 0.316 e. The van der Waals surface area contributed by atoms with Gasteiger partial charge in [-0.1, -0.05) is 18.9 Å². The Morgan fingerprint density at radius 1 is 1.27 bits per heavy atom. The predicted molar refractivity (Wildman–Crippen MR) is 82.7 cm³/mol. The summed E-state index contributed by atoms with van der Waals surface area (Å²) >= 11 is 0. The maximum absolute atomic E-state index is 12.7. The summed E-state index contributed by atoms with van der Waals surface area (Å²) in [5.74, 6) is -0.0253. The molecular formula is C16H21N3O3. The van der Waals surface area contributed by atoms with Gasteiger partial charge in [0.05, 0.1) is 18.8 Å². The Morgan fingerprint density at radius 3 is 2.77 bits per heavy atom. The zero-order valence-electron chi connectivity index (χ0n) is 12.5. The zero-order chi connectivity index (χ0) is 15.6. The Labute approximate surface area is 129 Å². The maximum Gasteiger partial charge on any atom is 0.316 e. The van der Waals surface area contributed by atoms with E-state index in [4.69, 9.17) is 10.5 Å². The van der Waals surface area contributed by atoms with Gasteiger partial charge in [-0.3, -0.25) is 4.79 Å². The molecule has 0 atom stereocenters. The van der Waals surface area contributed by atoms with Crippen LogP contribution >= 0.6 is 0 Å². The predicted octanol–water partition coefficient (Wildman–Crippen LogP) is 1.96. The van der Waals surface area contributed by atoms with Gasteiger partial charge in [0, 0.05) is 17.8 Å². The number of hydrogen-bond acceptors (Lipinski definition) is 3. The molecule has 1 spiro atoms. The van der Waals surface area contributed by atoms with Crippen LogP contribution in [-0.2, 0) is 4.74 Å². The summed E-state index contributed by atoms with van der Waals surface area (Å²) in [5.41, 5.74) is 6.05. The number of urea groups is 1. The van der Waals surface area contributed by atoms with E-state index in [2.05, 4.69) is 5.32 Å². The standard InChI is InChI=1S/C16H21N3O3/c17-15(21)18-13-5-3-4-12(10-13)14(20)19-8-9-22-16(11-19)6-1-2-7-16/h3-5,10H,1-2,6-9,11H2,(H3,17,18,21). The second-order valence-electron chi connectivity index (χ2n) is 6.04. The van der Waals surface area contributed by atoms with Crippen molar-refractivity contribution in [2.75, 3.05) is 25.0 Å². The highest BCUT2D eigenvalue weighted by atomic mass is 16.5. The third-order valence-corrected chi connectivity index (χ3v) is 4.43. The van der Waals surface area contributed by atoms with Crippen LogP contribution in [0.15, 0.2) is 24.3 Å². The molecule has 1 saturated heterocycles. The first-order valence-corrected chi connectivity index (χ1v) is 7.68. The van der Waals surface area contributed by atoms with Crippen LogP contribution in [0, 0.1) is 0 Å². The summed E-state index contributed by atoms with van der Waals surface area (Å²) in [7, 11) is 0. The van der Waals surface area contributed by atoms with Crippen molar-refractivity contribution in [2.45, 2.75) is 31.3 Å². The van der Waals surface area contributed by atoms with E-state index < -0.39 is 6.03 Å². The quantitative estimate of drug-likeness (QED) is 0.876. The molecule has 1 aliphatic carbocycles. The second kappa shape index (κ2) is 5.96. The van der Waals surface area contributed by atoms with Gasteiger partial charge in [-0.05, 0) is 31.0 Å². The minimum Gasteiger partial charge on any atom is -0.371 e. The van der Waals surface area contributed by atoms with Crippen molar-refractivity contribution in [3.05, 3.63) is 29.8 Å². The molecule has 1 heterocycles. The van der Waals surface area contributed by atoms with Crippen LogP contribution < -0.4 is 11.1 Å². The van der Waals surface area contributed by atoms with Crippen molar-refractivity contribution in [3.8, 4) is 0 Å². The van der Waals surface area contributed by atoms with E-state index in [0.717, 1.165) is 12.8 Å². The molecule has 0 unspecified atom stereocenters. The fraction of sp³-hybridized carbons (Fsp3) is 0.500. The number of rotatable bonds is 2. The van der Waals surface area contributed by atoms with Gasteiger partial charge in [0.1, 0.15) is 0 Å². The number of primary amides is 1. The fourth-order valence-electron chi connectivity index (χ4n) is 3.39. The Kier molecular flexibility index (Phi) is 4.02. The second-order valence-corrected chi connectivity index (χ2v) is 6.04. The number of amides is 3. The molecule has 0 bridgehead atoms. The number of benzene rings is 1. The molecule has 3 amide bonds. The lowest BCUT2D eigenvalue weighted by Crippen LogP contribution is -2.52. The maximum atomic E-state index is 12.7. The SMILES string of the molecule is NC(=O)Nc1cccc(C(=O)N2CCOC3(CCCC3)C2)c1. The number of hydrogen-bond donors (Lipinski definition) is 2. The molecule has 2 aliphatic rings. The summed E-state index contributed by atoms with van der Waals surface area (Å²) in [4.78, 5) is 25.5. The molecule has 6 nitrogen and oxygen atoms in total. The molecule has 2 fully saturated rings. The van der Waals surface area contributed by atoms with Crippen LogP contribution in [0.4, 0.5) is 10.5 Å². The number of nitrogens with two attached hydrogens (primary N) is 1. The number of nitrogens with zero attached hydrogens (tertiary/aromatic N) is 1. The van der Waals surface area contributed by atoms with Gasteiger partial charge in [-0.25, -0.2) is 4.79 Å². The van der Waals surface area contributed by atoms with Crippen molar-refractivity contribution < 1.29 is 14.3 Å². The van der Waals surface area contributed by atoms with Gasteiger partial charge in [0.25, 0.3) is 5.91 Å². The lowest BCUT2D eigenvalue weighted by molar-refractivity contribution is -0.0948. The molecule has 1 aliphatic heterocycles. The minimum absolute atomic E-state index is 0.0253. The van der Waals surface area contributed by atoms with E-state index in [9.17, 15) is 9.59 Å². The van der Waals surface area contributed by atoms with Crippen LogP contribution in [-0.4, -0.2) is 42.1 Å². The topological polar surface area (TPSA) is 84.7 Å². The number of carbonyl (C=O) groups is 2. The first-order chi connectivity index (χ1) is 10.6. The molecular weight excluding hydrogens is 282 g/mol. The Bertz CT molecular complexity index is 582. The molecule has 3 rings (SSSR count). The fourth-order valence-corrected chi connectivity index (χ4v) is 3.39. The van der Waals surface area contributed by atoms with Crippen LogP contribution in [0.5, 0.6) is 0 Å². The van der Waals surface area contributed by atoms with Crippen LogP contribution in [0.25, 0.3) is 0 Å². The van der Waals surface area contributed by atoms with Crippen LogP contribution in [0.1, 0.15) is 36.0 Å². The van der Waals surface area contributed by atoms with Gasteiger partial charge < -0.3 is 20.7 Å². The summed E-state index contributed by atoms with van der Waals surface area (Å²) in [6.07, 6.45) is 4.39. The number of nitrogens with one attached hydrogen (secondary N) is 1. The highest BCUT2D eigenvalue weighted by molar-refractivity contribution is 5.96. The van der Waals surface area contributed by atoms with Crippen molar-refractivity contribution in [1.29, 1.82) is 0 Å². The van der Waals surface area contributed by atoms with Gasteiger partial charge >= 0.3 is 6.03 Å². The average Bonchev–Trinajstić information content (AvgIpc) is 2.94. The Morgan fingerprint density at radius 2 is 2.05 bits per heavy atom. The van der Waals surface area contributed by atoms with Crippen molar-refractivity contribution in [1.82, 2.24) is 4.90 Å². The molecule has 3 N–H and O–H groups in total. The van der Waals surface area contributed by atoms with Gasteiger partial charge in [0.15, 0.2) is 0 Å². The van der Waals surface area contributed by atoms with E-state index in [1.807, 2.05) is 4.90 Å². The van der Waals surface area contributed by atoms with E-state index in [-0.39, 0.29) is 11.5 Å². The Balaban J connectivity index is 1.74. The Hall–Kier alpha value is -2.08. The van der Waals surface area contributed by atoms with E-state index in [1.54, 1.807) is 24.3 Å². The van der Waals surface area contributed by atoms with Crippen molar-refractivity contribution >= 4 is 17.6 Å². The highest BCUT2D eigenvalue weighted by Gasteiger charge is 2.40. The van der Waals surface area contributed by atoms with Crippen molar-refractivity contribution in [2.24, 2.45) is 5.73 Å². The summed E-state index contributed by atoms with van der Waals surface area (Å²) in [6.45, 7) is 1.85.